The van der Waals surface area contributed by atoms with E-state index in [0.29, 0.717) is 13.2 Å². The maximum Gasteiger partial charge on any atom is 0.317 e. The summed E-state index contributed by atoms with van der Waals surface area (Å²) >= 11 is 0. The zero-order valence-corrected chi connectivity index (χ0v) is 14.3. The minimum atomic E-state index is 0.0240. The number of amides is 2. The van der Waals surface area contributed by atoms with E-state index in [1.165, 1.54) is 0 Å². The molecule has 0 spiro atoms. The second kappa shape index (κ2) is 10.8. The largest absolute Gasteiger partial charge is 0.383 e. The quantitative estimate of drug-likeness (QED) is 0.659. The van der Waals surface area contributed by atoms with Gasteiger partial charge >= 0.3 is 6.03 Å². The van der Waals surface area contributed by atoms with Gasteiger partial charge in [-0.3, -0.25) is 4.90 Å². The Morgan fingerprint density at radius 2 is 1.91 bits per heavy atom. The third-order valence-electron chi connectivity index (χ3n) is 4.45. The van der Waals surface area contributed by atoms with Crippen LogP contribution in [0.15, 0.2) is 0 Å². The molecule has 2 rings (SSSR count). The number of morpholine rings is 1. The predicted molar refractivity (Wildman–Crippen MR) is 87.7 cm³/mol. The topological polar surface area (TPSA) is 63.3 Å². The fraction of sp³-hybridized carbons (Fsp3) is 0.938. The van der Waals surface area contributed by atoms with Crippen LogP contribution in [-0.4, -0.2) is 94.7 Å². The van der Waals surface area contributed by atoms with Gasteiger partial charge < -0.3 is 24.4 Å². The summed E-state index contributed by atoms with van der Waals surface area (Å²) in [4.78, 5) is 16.9. The lowest BCUT2D eigenvalue weighted by Crippen LogP contribution is -2.49. The number of nitrogens with one attached hydrogen (secondary N) is 1. The summed E-state index contributed by atoms with van der Waals surface area (Å²) in [6, 6.07) is 0.312. The van der Waals surface area contributed by atoms with Crippen molar-refractivity contribution in [2.45, 2.75) is 25.3 Å². The molecule has 0 aliphatic carbocycles. The van der Waals surface area contributed by atoms with Gasteiger partial charge in [-0.1, -0.05) is 0 Å². The fourth-order valence-electron chi connectivity index (χ4n) is 3.10. The van der Waals surface area contributed by atoms with Crippen molar-refractivity contribution in [3.8, 4) is 0 Å². The first-order chi connectivity index (χ1) is 11.3. The second-order valence-electron chi connectivity index (χ2n) is 6.07. The molecule has 23 heavy (non-hydrogen) atoms. The molecule has 2 amide bonds. The van der Waals surface area contributed by atoms with Gasteiger partial charge in [0.05, 0.1) is 19.8 Å². The summed E-state index contributed by atoms with van der Waals surface area (Å²) < 4.78 is 15.8. The Kier molecular flexibility index (Phi) is 8.67. The number of carbonyl (C=O) groups is 1. The number of nitrogens with zero attached hydrogens (tertiary/aromatic N) is 2. The number of urea groups is 1. The first kappa shape index (κ1) is 18.4. The highest BCUT2D eigenvalue weighted by molar-refractivity contribution is 5.74. The van der Waals surface area contributed by atoms with Crippen molar-refractivity contribution in [2.24, 2.45) is 0 Å². The average Bonchev–Trinajstić information content (AvgIpc) is 2.60. The zero-order valence-electron chi connectivity index (χ0n) is 14.3. The molecule has 2 fully saturated rings. The van der Waals surface area contributed by atoms with E-state index in [4.69, 9.17) is 14.2 Å². The van der Waals surface area contributed by atoms with E-state index in [1.54, 1.807) is 7.11 Å². The number of methoxy groups -OCH3 is 1. The van der Waals surface area contributed by atoms with Crippen molar-refractivity contribution in [1.82, 2.24) is 15.1 Å². The molecule has 2 heterocycles. The monoisotopic (exact) mass is 329 g/mol. The Morgan fingerprint density at radius 1 is 1.22 bits per heavy atom. The van der Waals surface area contributed by atoms with Crippen molar-refractivity contribution in [2.75, 3.05) is 72.9 Å². The molecule has 0 unspecified atom stereocenters. The molecule has 7 nitrogen and oxygen atoms in total. The molecule has 0 saturated carbocycles. The lowest BCUT2D eigenvalue weighted by atomic mass is 10.1. The van der Waals surface area contributed by atoms with Crippen LogP contribution in [-0.2, 0) is 14.2 Å². The highest BCUT2D eigenvalue weighted by Crippen LogP contribution is 2.15. The van der Waals surface area contributed by atoms with Gasteiger partial charge in [0.1, 0.15) is 0 Å². The van der Waals surface area contributed by atoms with Crippen molar-refractivity contribution < 1.29 is 19.0 Å². The van der Waals surface area contributed by atoms with Crippen molar-refractivity contribution in [1.29, 1.82) is 0 Å². The standard InChI is InChI=1S/C16H31N3O4/c1-21-12-5-17-16(20)19(15-3-10-22-11-4-15)7-2-6-18-8-13-23-14-9-18/h15H,2-14H2,1H3,(H,17,20). The molecule has 0 aromatic heterocycles. The van der Waals surface area contributed by atoms with Crippen LogP contribution in [0.4, 0.5) is 4.79 Å². The minimum Gasteiger partial charge on any atom is -0.383 e. The van der Waals surface area contributed by atoms with Crippen molar-refractivity contribution >= 4 is 6.03 Å². The highest BCUT2D eigenvalue weighted by atomic mass is 16.5. The van der Waals surface area contributed by atoms with E-state index in [2.05, 4.69) is 10.2 Å². The van der Waals surface area contributed by atoms with E-state index >= 15 is 0 Å². The van der Waals surface area contributed by atoms with Gasteiger partial charge in [0.15, 0.2) is 0 Å². The van der Waals surface area contributed by atoms with Gasteiger partial charge in [0.25, 0.3) is 0 Å². The maximum atomic E-state index is 12.5. The molecular weight excluding hydrogens is 298 g/mol. The smallest absolute Gasteiger partial charge is 0.317 e. The Labute approximate surface area is 139 Å². The Morgan fingerprint density at radius 3 is 2.61 bits per heavy atom. The van der Waals surface area contributed by atoms with E-state index in [0.717, 1.165) is 71.9 Å². The van der Waals surface area contributed by atoms with Crippen molar-refractivity contribution in [3.63, 3.8) is 0 Å². The van der Waals surface area contributed by atoms with Gasteiger partial charge in [-0.2, -0.15) is 0 Å². The predicted octanol–water partition coefficient (Wildman–Crippen LogP) is 0.546. The summed E-state index contributed by atoms with van der Waals surface area (Å²) in [6.45, 7) is 8.04. The molecule has 0 bridgehead atoms. The third kappa shape index (κ3) is 6.63. The van der Waals surface area contributed by atoms with E-state index in [-0.39, 0.29) is 12.1 Å². The molecular formula is C16H31N3O4. The lowest BCUT2D eigenvalue weighted by molar-refractivity contribution is 0.0307. The van der Waals surface area contributed by atoms with Crippen LogP contribution in [0, 0.1) is 0 Å². The van der Waals surface area contributed by atoms with E-state index in [1.807, 2.05) is 4.90 Å². The molecule has 7 heteroatoms. The van der Waals surface area contributed by atoms with Crippen LogP contribution < -0.4 is 5.32 Å². The van der Waals surface area contributed by atoms with Crippen LogP contribution in [0.5, 0.6) is 0 Å². The maximum absolute atomic E-state index is 12.5. The summed E-state index contributed by atoms with van der Waals surface area (Å²) in [7, 11) is 1.64. The van der Waals surface area contributed by atoms with E-state index in [9.17, 15) is 4.79 Å². The first-order valence-corrected chi connectivity index (χ1v) is 8.72. The fourth-order valence-corrected chi connectivity index (χ4v) is 3.10. The molecule has 2 aliphatic rings. The molecule has 0 aromatic carbocycles. The number of rotatable bonds is 8. The number of carbonyl (C=O) groups excluding carboxylic acids is 1. The van der Waals surface area contributed by atoms with Crippen LogP contribution in [0.1, 0.15) is 19.3 Å². The Hall–Kier alpha value is -0.890. The molecule has 0 radical (unpaired) electrons. The second-order valence-corrected chi connectivity index (χ2v) is 6.07. The summed E-state index contributed by atoms with van der Waals surface area (Å²) in [6.07, 6.45) is 2.85. The molecule has 2 saturated heterocycles. The SMILES string of the molecule is COCCNC(=O)N(CCCN1CCOCC1)C1CCOCC1. The Bertz CT molecular complexity index is 331. The molecule has 0 atom stereocenters. The molecule has 134 valence electrons. The summed E-state index contributed by atoms with van der Waals surface area (Å²) in [5.41, 5.74) is 0. The lowest BCUT2D eigenvalue weighted by Gasteiger charge is -2.35. The third-order valence-corrected chi connectivity index (χ3v) is 4.45. The van der Waals surface area contributed by atoms with Gasteiger partial charge in [-0.05, 0) is 19.3 Å². The van der Waals surface area contributed by atoms with Crippen LogP contribution in [0.25, 0.3) is 0 Å². The first-order valence-electron chi connectivity index (χ1n) is 8.72. The molecule has 2 aliphatic heterocycles. The normalized spacial score (nSPS) is 20.4. The number of ether oxygens (including phenoxy) is 3. The number of hydrogen-bond donors (Lipinski definition) is 1. The zero-order chi connectivity index (χ0) is 16.3. The van der Waals surface area contributed by atoms with Crippen molar-refractivity contribution in [3.05, 3.63) is 0 Å². The highest BCUT2D eigenvalue weighted by Gasteiger charge is 2.25. The summed E-state index contributed by atoms with van der Waals surface area (Å²) in [5, 5.41) is 2.96. The summed E-state index contributed by atoms with van der Waals surface area (Å²) in [5.74, 6) is 0. The molecule has 0 aromatic rings. The minimum absolute atomic E-state index is 0.0240. The Balaban J connectivity index is 1.78. The van der Waals surface area contributed by atoms with Gasteiger partial charge in [-0.25, -0.2) is 4.79 Å². The molecule has 1 N–H and O–H groups in total. The average molecular weight is 329 g/mol. The van der Waals surface area contributed by atoms with Crippen LogP contribution in [0.3, 0.4) is 0 Å². The number of hydrogen-bond acceptors (Lipinski definition) is 5. The van der Waals surface area contributed by atoms with E-state index < -0.39 is 0 Å². The van der Waals surface area contributed by atoms with Gasteiger partial charge in [0, 0.05) is 59.1 Å². The van der Waals surface area contributed by atoms with Gasteiger partial charge in [0.2, 0.25) is 0 Å². The van der Waals surface area contributed by atoms with Gasteiger partial charge in [-0.15, -0.1) is 0 Å². The van der Waals surface area contributed by atoms with Crippen LogP contribution >= 0.6 is 0 Å². The van der Waals surface area contributed by atoms with Crippen LogP contribution in [0.2, 0.25) is 0 Å².